The van der Waals surface area contributed by atoms with Gasteiger partial charge < -0.3 is 19.3 Å². The van der Waals surface area contributed by atoms with Crippen molar-refractivity contribution in [2.45, 2.75) is 95.9 Å². The lowest BCUT2D eigenvalue weighted by molar-refractivity contribution is -0.283. The Bertz CT molecular complexity index is 306. The monoisotopic (exact) mass is 346 g/mol. The van der Waals surface area contributed by atoms with Gasteiger partial charge in [-0.15, -0.1) is 0 Å². The minimum absolute atomic E-state index is 0.182. The van der Waals surface area contributed by atoms with Crippen LogP contribution in [0.5, 0.6) is 0 Å². The number of hydrogen-bond donors (Lipinski definition) is 1. The molecule has 0 aromatic heterocycles. The van der Waals surface area contributed by atoms with E-state index in [9.17, 15) is 5.11 Å². The average molecular weight is 347 g/mol. The molecule has 0 amide bonds. The van der Waals surface area contributed by atoms with Crippen LogP contribution in [0.3, 0.4) is 0 Å². The van der Waals surface area contributed by atoms with Crippen LogP contribution in [0.15, 0.2) is 0 Å². The van der Waals surface area contributed by atoms with Crippen molar-refractivity contribution in [3.05, 3.63) is 0 Å². The standard InChI is InChI=1S/C18H38O4Si/c1-5-6-7-8-10-17-11-9-12-18(19,22-17)15-21-16-20-13-14-23(2,3)4/h17,19H,5-16H2,1-4H3/t17-,18-/m0/s1. The van der Waals surface area contributed by atoms with Crippen molar-refractivity contribution in [2.24, 2.45) is 0 Å². The first-order chi connectivity index (χ1) is 10.8. The molecule has 0 aromatic rings. The second kappa shape index (κ2) is 10.8. The Kier molecular flexibility index (Phi) is 9.93. The van der Waals surface area contributed by atoms with Gasteiger partial charge in [-0.25, -0.2) is 0 Å². The molecule has 5 heteroatoms. The lowest BCUT2D eigenvalue weighted by Crippen LogP contribution is -2.44. The number of rotatable bonds is 12. The summed E-state index contributed by atoms with van der Waals surface area (Å²) < 4.78 is 16.9. The van der Waals surface area contributed by atoms with Crippen LogP contribution < -0.4 is 0 Å². The highest BCUT2D eigenvalue weighted by Gasteiger charge is 2.35. The highest BCUT2D eigenvalue weighted by atomic mass is 28.3. The quantitative estimate of drug-likeness (QED) is 0.320. The molecular weight excluding hydrogens is 308 g/mol. The lowest BCUT2D eigenvalue weighted by Gasteiger charge is -2.37. The van der Waals surface area contributed by atoms with Gasteiger partial charge in [-0.1, -0.05) is 52.2 Å². The van der Waals surface area contributed by atoms with Crippen LogP contribution in [0.4, 0.5) is 0 Å². The summed E-state index contributed by atoms with van der Waals surface area (Å²) in [5, 5.41) is 10.5. The SMILES string of the molecule is CCCCCC[C@H]1CCC[C@@](O)(COCOCC[Si](C)(C)C)O1. The van der Waals surface area contributed by atoms with E-state index in [0.29, 0.717) is 6.42 Å². The van der Waals surface area contributed by atoms with E-state index in [0.717, 1.165) is 31.9 Å². The summed E-state index contributed by atoms with van der Waals surface area (Å²) in [6.07, 6.45) is 8.95. The fraction of sp³-hybridized carbons (Fsp3) is 1.00. The van der Waals surface area contributed by atoms with Crippen molar-refractivity contribution in [2.75, 3.05) is 20.0 Å². The van der Waals surface area contributed by atoms with Crippen LogP contribution in [0.1, 0.15) is 58.3 Å². The molecule has 0 radical (unpaired) electrons. The summed E-state index contributed by atoms with van der Waals surface area (Å²) in [5.41, 5.74) is 0. The molecule has 1 heterocycles. The summed E-state index contributed by atoms with van der Waals surface area (Å²) in [6, 6.07) is 1.14. The summed E-state index contributed by atoms with van der Waals surface area (Å²) in [7, 11) is -1.05. The third-order valence-electron chi connectivity index (χ3n) is 4.35. The maximum atomic E-state index is 10.5. The molecule has 1 rings (SSSR count). The zero-order valence-corrected chi connectivity index (χ0v) is 16.7. The van der Waals surface area contributed by atoms with Gasteiger partial charge in [-0.05, 0) is 25.3 Å². The van der Waals surface area contributed by atoms with Gasteiger partial charge in [0, 0.05) is 21.1 Å². The van der Waals surface area contributed by atoms with Gasteiger partial charge in [0.25, 0.3) is 0 Å². The van der Waals surface area contributed by atoms with E-state index in [-0.39, 0.29) is 19.5 Å². The van der Waals surface area contributed by atoms with E-state index < -0.39 is 13.9 Å². The van der Waals surface area contributed by atoms with Gasteiger partial charge in [0.15, 0.2) is 5.79 Å². The van der Waals surface area contributed by atoms with Gasteiger partial charge in [0.05, 0.1) is 6.10 Å². The summed E-state index contributed by atoms with van der Waals surface area (Å²) >= 11 is 0. The molecule has 1 aliphatic heterocycles. The predicted octanol–water partition coefficient (Wildman–Crippen LogP) is 4.54. The zero-order valence-electron chi connectivity index (χ0n) is 15.7. The van der Waals surface area contributed by atoms with Crippen molar-refractivity contribution < 1.29 is 19.3 Å². The maximum Gasteiger partial charge on any atom is 0.189 e. The Morgan fingerprint density at radius 3 is 2.65 bits per heavy atom. The molecule has 0 bridgehead atoms. The molecule has 23 heavy (non-hydrogen) atoms. The second-order valence-electron chi connectivity index (χ2n) is 8.11. The molecule has 138 valence electrons. The zero-order chi connectivity index (χ0) is 17.2. The highest BCUT2D eigenvalue weighted by Crippen LogP contribution is 2.29. The van der Waals surface area contributed by atoms with Crippen molar-refractivity contribution in [1.82, 2.24) is 0 Å². The molecule has 4 nitrogen and oxygen atoms in total. The smallest absolute Gasteiger partial charge is 0.189 e. The topological polar surface area (TPSA) is 47.9 Å². The highest BCUT2D eigenvalue weighted by molar-refractivity contribution is 6.76. The first-order valence-corrected chi connectivity index (χ1v) is 13.1. The molecule has 0 unspecified atom stereocenters. The Balaban J connectivity index is 2.14. The van der Waals surface area contributed by atoms with Crippen LogP contribution in [0, 0.1) is 0 Å². The Labute approximate surface area is 143 Å². The van der Waals surface area contributed by atoms with Crippen LogP contribution in [0.25, 0.3) is 0 Å². The number of unbranched alkanes of at least 4 members (excludes halogenated alkanes) is 3. The molecule has 0 aliphatic carbocycles. The lowest BCUT2D eigenvalue weighted by atomic mass is 9.98. The number of hydrogen-bond acceptors (Lipinski definition) is 4. The van der Waals surface area contributed by atoms with Gasteiger partial charge in [-0.3, -0.25) is 0 Å². The van der Waals surface area contributed by atoms with E-state index in [1.165, 1.54) is 25.7 Å². The number of aliphatic hydroxyl groups is 1. The Morgan fingerprint density at radius 2 is 1.96 bits per heavy atom. The fourth-order valence-corrected chi connectivity index (χ4v) is 3.60. The Morgan fingerprint density at radius 1 is 1.17 bits per heavy atom. The van der Waals surface area contributed by atoms with E-state index in [1.54, 1.807) is 0 Å². The molecule has 0 spiro atoms. The van der Waals surface area contributed by atoms with Crippen molar-refractivity contribution in [1.29, 1.82) is 0 Å². The molecular formula is C18H38O4Si. The van der Waals surface area contributed by atoms with Crippen molar-refractivity contribution in [3.8, 4) is 0 Å². The maximum absolute atomic E-state index is 10.5. The summed E-state index contributed by atoms with van der Waals surface area (Å²) in [4.78, 5) is 0. The molecule has 1 fully saturated rings. The number of ether oxygens (including phenoxy) is 3. The first-order valence-electron chi connectivity index (χ1n) is 9.40. The molecule has 1 N–H and O–H groups in total. The predicted molar refractivity (Wildman–Crippen MR) is 97.4 cm³/mol. The Hall–Kier alpha value is 0.0569. The van der Waals surface area contributed by atoms with Gasteiger partial charge in [0.1, 0.15) is 13.4 Å². The third-order valence-corrected chi connectivity index (χ3v) is 6.05. The van der Waals surface area contributed by atoms with Gasteiger partial charge in [0.2, 0.25) is 0 Å². The summed E-state index contributed by atoms with van der Waals surface area (Å²) in [6.45, 7) is 10.4. The molecule has 2 atom stereocenters. The second-order valence-corrected chi connectivity index (χ2v) is 13.7. The van der Waals surface area contributed by atoms with E-state index in [1.807, 2.05) is 0 Å². The molecule has 1 saturated heterocycles. The molecule has 1 aliphatic rings. The summed E-state index contributed by atoms with van der Waals surface area (Å²) in [5.74, 6) is -1.12. The minimum Gasteiger partial charge on any atom is -0.364 e. The van der Waals surface area contributed by atoms with E-state index in [2.05, 4.69) is 26.6 Å². The largest absolute Gasteiger partial charge is 0.364 e. The minimum atomic E-state index is -1.12. The molecule has 0 aromatic carbocycles. The normalized spacial score (nSPS) is 25.7. The van der Waals surface area contributed by atoms with Gasteiger partial charge >= 0.3 is 0 Å². The van der Waals surface area contributed by atoms with E-state index >= 15 is 0 Å². The van der Waals surface area contributed by atoms with Crippen LogP contribution >= 0.6 is 0 Å². The van der Waals surface area contributed by atoms with Crippen molar-refractivity contribution >= 4 is 8.07 Å². The van der Waals surface area contributed by atoms with Crippen LogP contribution in [-0.2, 0) is 14.2 Å². The third kappa shape index (κ3) is 10.5. The van der Waals surface area contributed by atoms with E-state index in [4.69, 9.17) is 14.2 Å². The fourth-order valence-electron chi connectivity index (χ4n) is 2.84. The molecule has 0 saturated carbocycles. The van der Waals surface area contributed by atoms with Crippen molar-refractivity contribution in [3.63, 3.8) is 0 Å². The van der Waals surface area contributed by atoms with Gasteiger partial charge in [-0.2, -0.15) is 0 Å². The van der Waals surface area contributed by atoms with Crippen LogP contribution in [0.2, 0.25) is 25.7 Å². The first kappa shape index (κ1) is 21.1. The average Bonchev–Trinajstić information content (AvgIpc) is 2.46. The van der Waals surface area contributed by atoms with Crippen LogP contribution in [-0.4, -0.2) is 45.1 Å².